The average molecular weight is 525 g/mol. The Labute approximate surface area is 217 Å². The third-order valence-electron chi connectivity index (χ3n) is 6.79. The molecule has 0 saturated carbocycles. The Hall–Kier alpha value is -3.37. The predicted molar refractivity (Wildman–Crippen MR) is 140 cm³/mol. The highest BCUT2D eigenvalue weighted by molar-refractivity contribution is 7.88. The second kappa shape index (κ2) is 10.9. The normalized spacial score (nSPS) is 20.6. The number of aromatic nitrogens is 1. The van der Waals surface area contributed by atoms with Crippen LogP contribution in [0.2, 0.25) is 0 Å². The van der Waals surface area contributed by atoms with Gasteiger partial charge in [-0.25, -0.2) is 8.42 Å². The van der Waals surface area contributed by atoms with E-state index in [4.69, 9.17) is 0 Å². The minimum Gasteiger partial charge on any atom is -0.340 e. The number of fused-ring (bicyclic) bond motifs is 1. The van der Waals surface area contributed by atoms with E-state index < -0.39 is 28.1 Å². The summed E-state index contributed by atoms with van der Waals surface area (Å²) in [6, 6.07) is 9.60. The maximum absolute atomic E-state index is 13.7. The van der Waals surface area contributed by atoms with E-state index in [1.165, 1.54) is 15.4 Å². The fourth-order valence-electron chi connectivity index (χ4n) is 5.04. The molecule has 1 N–H and O–H groups in total. The number of carbonyl (C=O) groups is 3. The third-order valence-corrected chi connectivity index (χ3v) is 8.57. The lowest BCUT2D eigenvalue weighted by atomic mass is 10.0. The molecule has 3 atom stereocenters. The molecule has 1 aromatic carbocycles. The molecule has 3 unspecified atom stereocenters. The largest absolute Gasteiger partial charge is 0.340 e. The molecule has 1 aromatic heterocycles. The van der Waals surface area contributed by atoms with Crippen molar-refractivity contribution in [3.63, 3.8) is 0 Å². The SMILES string of the molecule is C=Cc1ccc(C(=O)NC(CC(C)C)C(=O)N2CCC3C2C(=O)CN3S(=O)(=O)Cc2ccccn2)cc1. The molecule has 4 rings (SSSR count). The van der Waals surface area contributed by atoms with Gasteiger partial charge in [0.25, 0.3) is 5.91 Å². The Morgan fingerprint density at radius 3 is 2.54 bits per heavy atom. The van der Waals surface area contributed by atoms with Gasteiger partial charge in [0.15, 0.2) is 5.78 Å². The van der Waals surface area contributed by atoms with Gasteiger partial charge in [-0.15, -0.1) is 0 Å². The molecule has 10 heteroatoms. The van der Waals surface area contributed by atoms with E-state index in [2.05, 4.69) is 16.9 Å². The summed E-state index contributed by atoms with van der Waals surface area (Å²) in [5, 5.41) is 2.84. The van der Waals surface area contributed by atoms with E-state index in [1.807, 2.05) is 13.8 Å². The van der Waals surface area contributed by atoms with Crippen molar-refractivity contribution in [2.45, 2.75) is 50.6 Å². The van der Waals surface area contributed by atoms with E-state index in [-0.39, 0.29) is 42.4 Å². The Bertz CT molecular complexity index is 1280. The van der Waals surface area contributed by atoms with E-state index in [9.17, 15) is 22.8 Å². The molecule has 9 nitrogen and oxygen atoms in total. The molecule has 2 fully saturated rings. The van der Waals surface area contributed by atoms with Gasteiger partial charge in [0, 0.05) is 18.3 Å². The number of hydrogen-bond acceptors (Lipinski definition) is 6. The van der Waals surface area contributed by atoms with Crippen LogP contribution in [-0.2, 0) is 25.4 Å². The zero-order chi connectivity index (χ0) is 26.7. The molecule has 2 aliphatic rings. The summed E-state index contributed by atoms with van der Waals surface area (Å²) in [5.41, 5.74) is 1.68. The van der Waals surface area contributed by atoms with Gasteiger partial charge in [-0.1, -0.05) is 44.7 Å². The molecule has 3 heterocycles. The van der Waals surface area contributed by atoms with Gasteiger partial charge >= 0.3 is 0 Å². The number of benzene rings is 1. The van der Waals surface area contributed by atoms with Crippen LogP contribution in [-0.4, -0.2) is 71.4 Å². The number of carbonyl (C=O) groups excluding carboxylic acids is 3. The molecule has 0 spiro atoms. The summed E-state index contributed by atoms with van der Waals surface area (Å²) in [5.74, 6) is -1.27. The number of ketones is 1. The third kappa shape index (κ3) is 5.80. The Morgan fingerprint density at radius 2 is 1.92 bits per heavy atom. The molecule has 2 aromatic rings. The molecular formula is C27H32N4O5S. The zero-order valence-electron chi connectivity index (χ0n) is 21.0. The topological polar surface area (TPSA) is 117 Å². The molecule has 0 aliphatic carbocycles. The van der Waals surface area contributed by atoms with Crippen LogP contribution in [0.1, 0.15) is 48.3 Å². The first kappa shape index (κ1) is 26.7. The average Bonchev–Trinajstić information content (AvgIpc) is 3.45. The lowest BCUT2D eigenvalue weighted by Gasteiger charge is -2.29. The second-order valence-electron chi connectivity index (χ2n) is 9.90. The van der Waals surface area contributed by atoms with Gasteiger partial charge in [-0.3, -0.25) is 19.4 Å². The number of nitrogens with one attached hydrogen (secondary N) is 1. The first-order chi connectivity index (χ1) is 17.6. The molecule has 0 bridgehead atoms. The van der Waals surface area contributed by atoms with Gasteiger partial charge in [0.05, 0.1) is 18.3 Å². The summed E-state index contributed by atoms with van der Waals surface area (Å²) in [6.45, 7) is 7.57. The molecule has 2 saturated heterocycles. The highest BCUT2D eigenvalue weighted by atomic mass is 32.2. The van der Waals surface area contributed by atoms with Crippen LogP contribution < -0.4 is 5.32 Å². The van der Waals surface area contributed by atoms with Crippen LogP contribution in [0.3, 0.4) is 0 Å². The van der Waals surface area contributed by atoms with Gasteiger partial charge in [0.1, 0.15) is 17.8 Å². The number of Topliss-reactive ketones (excluding diaryl/α,β-unsaturated/α-hetero) is 1. The number of hydrogen-bond donors (Lipinski definition) is 1. The molecular weight excluding hydrogens is 492 g/mol. The Kier molecular flexibility index (Phi) is 7.89. The summed E-state index contributed by atoms with van der Waals surface area (Å²) < 4.78 is 27.5. The maximum atomic E-state index is 13.7. The predicted octanol–water partition coefficient (Wildman–Crippen LogP) is 2.25. The van der Waals surface area contributed by atoms with Crippen molar-refractivity contribution in [2.75, 3.05) is 13.1 Å². The van der Waals surface area contributed by atoms with Crippen molar-refractivity contribution in [3.05, 3.63) is 72.1 Å². The van der Waals surface area contributed by atoms with Crippen molar-refractivity contribution in [1.82, 2.24) is 19.5 Å². The summed E-state index contributed by atoms with van der Waals surface area (Å²) in [7, 11) is -3.81. The molecule has 2 aliphatic heterocycles. The van der Waals surface area contributed by atoms with Gasteiger partial charge in [-0.2, -0.15) is 4.31 Å². The fourth-order valence-corrected chi connectivity index (χ4v) is 6.71. The van der Waals surface area contributed by atoms with E-state index >= 15 is 0 Å². The number of nitrogens with zero attached hydrogens (tertiary/aromatic N) is 3. The zero-order valence-corrected chi connectivity index (χ0v) is 21.9. The van der Waals surface area contributed by atoms with Crippen LogP contribution >= 0.6 is 0 Å². The lowest BCUT2D eigenvalue weighted by Crippen LogP contribution is -2.53. The van der Waals surface area contributed by atoms with E-state index in [0.717, 1.165) is 5.56 Å². The number of amides is 2. The standard InChI is InChI=1S/C27H32N4O5S/c1-4-19-8-10-20(11-9-19)26(33)29-22(15-18(2)3)27(34)30-14-12-23-25(30)24(32)16-31(23)37(35,36)17-21-7-5-6-13-28-21/h4-11,13,18,22-23,25H,1,12,14-17H2,2-3H3,(H,29,33). The first-order valence-electron chi connectivity index (χ1n) is 12.4. The minimum absolute atomic E-state index is 0.102. The highest BCUT2D eigenvalue weighted by Gasteiger charge is 2.54. The number of sulfonamides is 1. The van der Waals surface area contributed by atoms with Crippen molar-refractivity contribution in [2.24, 2.45) is 5.92 Å². The van der Waals surface area contributed by atoms with Crippen molar-refractivity contribution in [3.8, 4) is 0 Å². The molecule has 196 valence electrons. The Morgan fingerprint density at radius 1 is 1.19 bits per heavy atom. The number of likely N-dealkylation sites (tertiary alicyclic amines) is 1. The molecule has 37 heavy (non-hydrogen) atoms. The van der Waals surface area contributed by atoms with Crippen LogP contribution in [0.25, 0.3) is 6.08 Å². The smallest absolute Gasteiger partial charge is 0.251 e. The van der Waals surface area contributed by atoms with Crippen LogP contribution in [0.5, 0.6) is 0 Å². The second-order valence-corrected chi connectivity index (χ2v) is 11.8. The quantitative estimate of drug-likeness (QED) is 0.538. The minimum atomic E-state index is -3.81. The van der Waals surface area contributed by atoms with Crippen LogP contribution in [0.4, 0.5) is 0 Å². The molecule has 0 radical (unpaired) electrons. The first-order valence-corrected chi connectivity index (χ1v) is 14.0. The fraction of sp³-hybridized carbons (Fsp3) is 0.407. The van der Waals surface area contributed by atoms with Crippen molar-refractivity contribution < 1.29 is 22.8 Å². The summed E-state index contributed by atoms with van der Waals surface area (Å²) in [4.78, 5) is 45.2. The Balaban J connectivity index is 1.50. The van der Waals surface area contributed by atoms with Gasteiger partial charge < -0.3 is 10.2 Å². The monoisotopic (exact) mass is 524 g/mol. The maximum Gasteiger partial charge on any atom is 0.251 e. The van der Waals surface area contributed by atoms with Crippen molar-refractivity contribution >= 4 is 33.7 Å². The number of rotatable bonds is 9. The van der Waals surface area contributed by atoms with Gasteiger partial charge in [-0.05, 0) is 48.6 Å². The number of pyridine rings is 1. The van der Waals surface area contributed by atoms with Crippen molar-refractivity contribution in [1.29, 1.82) is 0 Å². The highest BCUT2D eigenvalue weighted by Crippen LogP contribution is 2.33. The van der Waals surface area contributed by atoms with Crippen LogP contribution in [0.15, 0.2) is 55.2 Å². The van der Waals surface area contributed by atoms with E-state index in [0.29, 0.717) is 24.1 Å². The lowest BCUT2D eigenvalue weighted by molar-refractivity contribution is -0.138. The van der Waals surface area contributed by atoms with Gasteiger partial charge in [0.2, 0.25) is 15.9 Å². The molecule has 2 amide bonds. The van der Waals surface area contributed by atoms with Crippen LogP contribution in [0, 0.1) is 5.92 Å². The summed E-state index contributed by atoms with van der Waals surface area (Å²) in [6.07, 6.45) is 3.94. The van der Waals surface area contributed by atoms with E-state index in [1.54, 1.807) is 48.5 Å². The summed E-state index contributed by atoms with van der Waals surface area (Å²) >= 11 is 0.